The topological polar surface area (TPSA) is 42.0 Å². The van der Waals surface area contributed by atoms with Crippen molar-refractivity contribution in [2.75, 3.05) is 5.32 Å². The van der Waals surface area contributed by atoms with Crippen molar-refractivity contribution in [2.45, 2.75) is 37.3 Å². The molecule has 0 spiro atoms. The van der Waals surface area contributed by atoms with Gasteiger partial charge in [0.2, 0.25) is 0 Å². The molecule has 0 saturated heterocycles. The van der Waals surface area contributed by atoms with E-state index in [4.69, 9.17) is 0 Å². The lowest BCUT2D eigenvalue weighted by molar-refractivity contribution is 0.102. The van der Waals surface area contributed by atoms with Gasteiger partial charge >= 0.3 is 0 Å². The fourth-order valence-corrected chi connectivity index (χ4v) is 4.14. The van der Waals surface area contributed by atoms with Crippen LogP contribution in [0.15, 0.2) is 58.8 Å². The number of nitrogens with zero attached hydrogens (tertiary/aromatic N) is 1. The molecule has 0 saturated carbocycles. The Hall–Kier alpha value is -2.11. The zero-order valence-corrected chi connectivity index (χ0v) is 16.8. The average Bonchev–Trinajstić information content (AvgIpc) is 3.10. The van der Waals surface area contributed by atoms with Crippen molar-refractivity contribution in [3.63, 3.8) is 0 Å². The number of nitrogens with one attached hydrogen (secondary N) is 1. The van der Waals surface area contributed by atoms with E-state index in [9.17, 15) is 4.79 Å². The molecule has 0 bridgehead atoms. The maximum Gasteiger partial charge on any atom is 0.257 e. The van der Waals surface area contributed by atoms with Crippen LogP contribution < -0.4 is 5.32 Å². The molecule has 3 nitrogen and oxygen atoms in total. The van der Waals surface area contributed by atoms with Gasteiger partial charge in [-0.1, -0.05) is 51.1 Å². The zero-order valence-electron chi connectivity index (χ0n) is 15.2. The zero-order chi connectivity index (χ0) is 18.5. The third-order valence-electron chi connectivity index (χ3n) is 3.85. The normalized spacial score (nSPS) is 10.9. The predicted molar refractivity (Wildman–Crippen MR) is 112 cm³/mol. The quantitative estimate of drug-likeness (QED) is 0.522. The minimum atomic E-state index is -0.126. The molecule has 134 valence electrons. The van der Waals surface area contributed by atoms with Gasteiger partial charge in [0.15, 0.2) is 5.13 Å². The molecule has 1 amide bonds. The largest absolute Gasteiger partial charge is 0.298 e. The van der Waals surface area contributed by atoms with Gasteiger partial charge in [-0.25, -0.2) is 4.98 Å². The third kappa shape index (κ3) is 4.74. The van der Waals surface area contributed by atoms with Gasteiger partial charge in [-0.15, -0.1) is 23.1 Å². The smallest absolute Gasteiger partial charge is 0.257 e. The molecule has 0 unspecified atom stereocenters. The van der Waals surface area contributed by atoms with Gasteiger partial charge in [0.05, 0.1) is 5.69 Å². The molecule has 0 fully saturated rings. The molecule has 26 heavy (non-hydrogen) atoms. The van der Waals surface area contributed by atoms with Crippen molar-refractivity contribution in [3.8, 4) is 11.3 Å². The maximum atomic E-state index is 12.5. The van der Waals surface area contributed by atoms with Gasteiger partial charge in [0, 0.05) is 26.7 Å². The number of hydrogen-bond donors (Lipinski definition) is 1. The van der Waals surface area contributed by atoms with Crippen molar-refractivity contribution in [1.29, 1.82) is 0 Å². The number of rotatable bonds is 6. The summed E-state index contributed by atoms with van der Waals surface area (Å²) in [4.78, 5) is 18.2. The number of carbonyl (C=O) groups is 1. The Balaban J connectivity index is 1.71. The van der Waals surface area contributed by atoms with Gasteiger partial charge in [0.25, 0.3) is 5.91 Å². The highest BCUT2D eigenvalue weighted by Crippen LogP contribution is 2.27. The Labute approximate surface area is 162 Å². The number of amides is 1. The molecule has 0 atom stereocenters. The van der Waals surface area contributed by atoms with E-state index < -0.39 is 0 Å². The summed E-state index contributed by atoms with van der Waals surface area (Å²) < 4.78 is 0. The molecule has 3 aromatic rings. The number of thiazole rings is 1. The highest BCUT2D eigenvalue weighted by Gasteiger charge is 2.11. The second-order valence-electron chi connectivity index (χ2n) is 6.24. The van der Waals surface area contributed by atoms with Gasteiger partial charge in [-0.2, -0.15) is 0 Å². The van der Waals surface area contributed by atoms with E-state index in [0.717, 1.165) is 22.6 Å². The van der Waals surface area contributed by atoms with Crippen LogP contribution in [-0.4, -0.2) is 16.1 Å². The molecule has 2 aromatic carbocycles. The monoisotopic (exact) mass is 382 g/mol. The van der Waals surface area contributed by atoms with E-state index in [2.05, 4.69) is 55.3 Å². The van der Waals surface area contributed by atoms with Gasteiger partial charge in [0.1, 0.15) is 0 Å². The maximum absolute atomic E-state index is 12.5. The van der Waals surface area contributed by atoms with Crippen LogP contribution in [0.5, 0.6) is 0 Å². The van der Waals surface area contributed by atoms with Crippen molar-refractivity contribution >= 4 is 34.1 Å². The molecule has 1 aromatic heterocycles. The van der Waals surface area contributed by atoms with Crippen molar-refractivity contribution in [3.05, 3.63) is 65.0 Å². The van der Waals surface area contributed by atoms with E-state index >= 15 is 0 Å². The molecule has 0 radical (unpaired) electrons. The lowest BCUT2D eigenvalue weighted by Crippen LogP contribution is -2.11. The summed E-state index contributed by atoms with van der Waals surface area (Å²) in [5.74, 6) is -0.126. The summed E-state index contributed by atoms with van der Waals surface area (Å²) in [7, 11) is 0. The van der Waals surface area contributed by atoms with Crippen LogP contribution in [0.2, 0.25) is 0 Å². The Bertz CT molecular complexity index is 885. The molecule has 5 heteroatoms. The minimum absolute atomic E-state index is 0.126. The van der Waals surface area contributed by atoms with Crippen LogP contribution in [0, 0.1) is 0 Å². The molecule has 0 aliphatic heterocycles. The summed E-state index contributed by atoms with van der Waals surface area (Å²) in [6.07, 6.45) is 1.02. The van der Waals surface area contributed by atoms with E-state index in [0.29, 0.717) is 15.9 Å². The number of anilines is 1. The summed E-state index contributed by atoms with van der Waals surface area (Å²) in [5.41, 5.74) is 3.91. The van der Waals surface area contributed by atoms with Crippen molar-refractivity contribution < 1.29 is 4.79 Å². The van der Waals surface area contributed by atoms with Crippen LogP contribution in [0.4, 0.5) is 5.13 Å². The van der Waals surface area contributed by atoms with Gasteiger partial charge < -0.3 is 0 Å². The lowest BCUT2D eigenvalue weighted by atomic mass is 10.1. The van der Waals surface area contributed by atoms with Crippen molar-refractivity contribution in [1.82, 2.24) is 4.98 Å². The first-order valence-electron chi connectivity index (χ1n) is 8.68. The molecule has 0 aliphatic carbocycles. The number of benzene rings is 2. The van der Waals surface area contributed by atoms with Gasteiger partial charge in [-0.3, -0.25) is 10.1 Å². The SMILES string of the molecule is CCc1ccc(-c2csc(NC(=O)c3cccc(SC(C)C)c3)n2)cc1. The number of aromatic nitrogens is 1. The van der Waals surface area contributed by atoms with E-state index in [1.54, 1.807) is 11.8 Å². The molecule has 3 rings (SSSR count). The van der Waals surface area contributed by atoms with Crippen molar-refractivity contribution in [2.24, 2.45) is 0 Å². The Morgan fingerprint density at radius 3 is 2.65 bits per heavy atom. The number of thioether (sulfide) groups is 1. The van der Waals surface area contributed by atoms with Crippen LogP contribution >= 0.6 is 23.1 Å². The standard InChI is InChI=1S/C21H22N2OS2/c1-4-15-8-10-16(11-9-15)19-13-25-21(22-19)23-20(24)17-6-5-7-18(12-17)26-14(2)3/h5-14H,4H2,1-3H3,(H,22,23,24). The summed E-state index contributed by atoms with van der Waals surface area (Å²) in [6.45, 7) is 6.42. The average molecular weight is 383 g/mol. The predicted octanol–water partition coefficient (Wildman–Crippen LogP) is 6.13. The fraction of sp³-hybridized carbons (Fsp3) is 0.238. The van der Waals surface area contributed by atoms with E-state index in [1.807, 2.05) is 29.6 Å². The first kappa shape index (κ1) is 18.7. The molecular formula is C21H22N2OS2. The number of hydrogen-bond acceptors (Lipinski definition) is 4. The third-order valence-corrected chi connectivity index (χ3v) is 5.61. The molecule has 1 N–H and O–H groups in total. The molecule has 1 heterocycles. The first-order valence-corrected chi connectivity index (χ1v) is 10.4. The minimum Gasteiger partial charge on any atom is -0.298 e. The Morgan fingerprint density at radius 1 is 1.19 bits per heavy atom. The Morgan fingerprint density at radius 2 is 1.96 bits per heavy atom. The van der Waals surface area contributed by atoms with Crippen LogP contribution in [0.3, 0.4) is 0 Å². The Kier molecular flexibility index (Phi) is 6.12. The van der Waals surface area contributed by atoms with Crippen LogP contribution in [0.25, 0.3) is 11.3 Å². The summed E-state index contributed by atoms with van der Waals surface area (Å²) in [6, 6.07) is 16.1. The van der Waals surface area contributed by atoms with Crippen LogP contribution in [-0.2, 0) is 6.42 Å². The van der Waals surface area contributed by atoms with E-state index in [-0.39, 0.29) is 5.91 Å². The molecular weight excluding hydrogens is 360 g/mol. The number of aryl methyl sites for hydroxylation is 1. The lowest BCUT2D eigenvalue weighted by Gasteiger charge is -2.07. The number of carbonyl (C=O) groups excluding carboxylic acids is 1. The van der Waals surface area contributed by atoms with Gasteiger partial charge in [-0.05, 0) is 30.2 Å². The summed E-state index contributed by atoms with van der Waals surface area (Å²) in [5, 5.41) is 5.98. The van der Waals surface area contributed by atoms with E-state index in [1.165, 1.54) is 16.9 Å². The second-order valence-corrected chi connectivity index (χ2v) is 8.74. The first-order chi connectivity index (χ1) is 12.5. The van der Waals surface area contributed by atoms with Crippen LogP contribution in [0.1, 0.15) is 36.7 Å². The summed E-state index contributed by atoms with van der Waals surface area (Å²) >= 11 is 3.19. The fourth-order valence-electron chi connectivity index (χ4n) is 2.53. The highest BCUT2D eigenvalue weighted by atomic mass is 32.2. The second kappa shape index (κ2) is 8.52. The molecule has 0 aliphatic rings. The highest BCUT2D eigenvalue weighted by molar-refractivity contribution is 7.99.